The topological polar surface area (TPSA) is 17.3 Å². The van der Waals surface area contributed by atoms with Gasteiger partial charge in [-0.25, -0.2) is 13.8 Å². The quantitative estimate of drug-likeness (QED) is 0.662. The smallest absolute Gasteiger partial charge is 0.173 e. The number of halogens is 2. The molecule has 0 saturated heterocycles. The maximum Gasteiger partial charge on any atom is 0.173 e. The van der Waals surface area contributed by atoms with Crippen molar-refractivity contribution in [3.63, 3.8) is 0 Å². The van der Waals surface area contributed by atoms with E-state index in [4.69, 9.17) is 0 Å². The van der Waals surface area contributed by atoms with Crippen molar-refractivity contribution in [1.82, 2.24) is 9.38 Å². The first-order valence-electron chi connectivity index (χ1n) is 6.19. The lowest BCUT2D eigenvalue weighted by molar-refractivity contribution is 0.586. The van der Waals surface area contributed by atoms with E-state index in [1.165, 1.54) is 17.8 Å². The van der Waals surface area contributed by atoms with Crippen LogP contribution in [0.3, 0.4) is 0 Å². The summed E-state index contributed by atoms with van der Waals surface area (Å²) in [5.74, 6) is -0.825. The van der Waals surface area contributed by atoms with Crippen LogP contribution in [0.4, 0.5) is 8.78 Å². The molecule has 0 radical (unpaired) electrons. The summed E-state index contributed by atoms with van der Waals surface area (Å²) in [7, 11) is 0. The fourth-order valence-corrected chi connectivity index (χ4v) is 3.07. The van der Waals surface area contributed by atoms with Gasteiger partial charge in [0.25, 0.3) is 0 Å². The van der Waals surface area contributed by atoms with Gasteiger partial charge in [0.15, 0.2) is 5.16 Å². The Morgan fingerprint density at radius 3 is 2.90 bits per heavy atom. The molecule has 1 atom stereocenters. The van der Waals surface area contributed by atoms with Crippen molar-refractivity contribution >= 4 is 17.3 Å². The van der Waals surface area contributed by atoms with E-state index < -0.39 is 11.6 Å². The molecule has 0 fully saturated rings. The summed E-state index contributed by atoms with van der Waals surface area (Å²) in [5.41, 5.74) is 1.32. The molecule has 0 aliphatic heterocycles. The van der Waals surface area contributed by atoms with Gasteiger partial charge >= 0.3 is 0 Å². The maximum atomic E-state index is 13.8. The molecule has 0 aliphatic carbocycles. The van der Waals surface area contributed by atoms with Crippen LogP contribution < -0.4 is 0 Å². The number of benzene rings is 1. The van der Waals surface area contributed by atoms with Crippen LogP contribution in [0.5, 0.6) is 0 Å². The number of hydrogen-bond acceptors (Lipinski definition) is 2. The highest BCUT2D eigenvalue weighted by atomic mass is 32.2. The fraction of sp³-hybridized carbons (Fsp3) is 0.133. The van der Waals surface area contributed by atoms with Gasteiger partial charge in [-0.3, -0.25) is 4.40 Å². The Balaban J connectivity index is 1.92. The van der Waals surface area contributed by atoms with Gasteiger partial charge in [0.2, 0.25) is 0 Å². The minimum absolute atomic E-state index is 0.225. The molecule has 1 aromatic carbocycles. The molecule has 20 heavy (non-hydrogen) atoms. The second kappa shape index (κ2) is 5.25. The summed E-state index contributed by atoms with van der Waals surface area (Å²) in [6.07, 6.45) is 3.66. The molecule has 0 bridgehead atoms. The van der Waals surface area contributed by atoms with Crippen LogP contribution in [-0.4, -0.2) is 9.38 Å². The lowest BCUT2D eigenvalue weighted by Gasteiger charge is -2.11. The number of hydrogen-bond donors (Lipinski definition) is 0. The first-order valence-corrected chi connectivity index (χ1v) is 7.07. The minimum Gasteiger partial charge on any atom is -0.295 e. The molecule has 2 aromatic heterocycles. The first-order chi connectivity index (χ1) is 9.65. The monoisotopic (exact) mass is 290 g/mol. The van der Waals surface area contributed by atoms with E-state index in [1.54, 1.807) is 6.20 Å². The predicted molar refractivity (Wildman–Crippen MR) is 75.8 cm³/mol. The minimum atomic E-state index is -0.429. The number of aromatic nitrogens is 2. The maximum absolute atomic E-state index is 13.8. The molecule has 0 N–H and O–H groups in total. The van der Waals surface area contributed by atoms with Crippen molar-refractivity contribution in [3.05, 3.63) is 66.0 Å². The summed E-state index contributed by atoms with van der Waals surface area (Å²) in [4.78, 5) is 4.32. The Morgan fingerprint density at radius 2 is 2.05 bits per heavy atom. The summed E-state index contributed by atoms with van der Waals surface area (Å²) in [5, 5.41) is 0.535. The summed E-state index contributed by atoms with van der Waals surface area (Å²) >= 11 is 1.40. The van der Waals surface area contributed by atoms with Crippen LogP contribution in [0.1, 0.15) is 17.7 Å². The zero-order valence-corrected chi connectivity index (χ0v) is 11.6. The highest BCUT2D eigenvalue weighted by molar-refractivity contribution is 7.99. The van der Waals surface area contributed by atoms with Gasteiger partial charge in [0.1, 0.15) is 11.6 Å². The standard InChI is InChI=1S/C15H12F2N2S/c1-10(13-8-11(16)5-6-14(13)17)20-15-18-9-12-4-2-3-7-19(12)15/h2-10H,1H3. The van der Waals surface area contributed by atoms with Crippen LogP contribution in [0.2, 0.25) is 0 Å². The predicted octanol–water partition coefficient (Wildman–Crippen LogP) is 4.47. The van der Waals surface area contributed by atoms with Crippen molar-refractivity contribution in [2.45, 2.75) is 17.3 Å². The zero-order chi connectivity index (χ0) is 14.1. The van der Waals surface area contributed by atoms with Crippen LogP contribution in [0.15, 0.2) is 53.9 Å². The third-order valence-electron chi connectivity index (χ3n) is 3.08. The van der Waals surface area contributed by atoms with Crippen LogP contribution >= 0.6 is 11.8 Å². The molecular formula is C15H12F2N2S. The lowest BCUT2D eigenvalue weighted by atomic mass is 10.1. The lowest BCUT2D eigenvalue weighted by Crippen LogP contribution is -1.96. The van der Waals surface area contributed by atoms with E-state index in [9.17, 15) is 8.78 Å². The van der Waals surface area contributed by atoms with E-state index in [2.05, 4.69) is 4.98 Å². The highest BCUT2D eigenvalue weighted by Crippen LogP contribution is 2.35. The SMILES string of the molecule is CC(Sc1ncc2ccccn12)c1cc(F)ccc1F. The third kappa shape index (κ3) is 2.41. The average Bonchev–Trinajstić information content (AvgIpc) is 2.85. The van der Waals surface area contributed by atoms with Crippen LogP contribution in [-0.2, 0) is 0 Å². The van der Waals surface area contributed by atoms with Gasteiger partial charge in [-0.2, -0.15) is 0 Å². The molecule has 0 spiro atoms. The fourth-order valence-electron chi connectivity index (χ4n) is 2.05. The Bertz CT molecular complexity index is 754. The number of fused-ring (bicyclic) bond motifs is 1. The number of pyridine rings is 1. The Labute approximate surface area is 119 Å². The molecule has 3 aromatic rings. The molecular weight excluding hydrogens is 278 g/mol. The van der Waals surface area contributed by atoms with Gasteiger partial charge in [-0.05, 0) is 37.3 Å². The van der Waals surface area contributed by atoms with Gasteiger partial charge in [0.05, 0.1) is 11.7 Å². The van der Waals surface area contributed by atoms with Crippen LogP contribution in [0.25, 0.3) is 5.52 Å². The molecule has 2 nitrogen and oxygen atoms in total. The van der Waals surface area contributed by atoms with E-state index in [0.29, 0.717) is 5.56 Å². The van der Waals surface area contributed by atoms with E-state index in [1.807, 2.05) is 35.7 Å². The van der Waals surface area contributed by atoms with Crippen molar-refractivity contribution in [2.75, 3.05) is 0 Å². The van der Waals surface area contributed by atoms with Gasteiger partial charge < -0.3 is 0 Å². The second-order valence-corrected chi connectivity index (χ2v) is 5.77. The van der Waals surface area contributed by atoms with Crippen LogP contribution in [0, 0.1) is 11.6 Å². The summed E-state index contributed by atoms with van der Waals surface area (Å²) in [6.45, 7) is 1.84. The molecule has 0 aliphatic rings. The number of imidazole rings is 1. The van der Waals surface area contributed by atoms with E-state index in [0.717, 1.165) is 22.8 Å². The Kier molecular flexibility index (Phi) is 3.44. The van der Waals surface area contributed by atoms with Crippen molar-refractivity contribution in [2.24, 2.45) is 0 Å². The molecule has 5 heteroatoms. The number of rotatable bonds is 3. The Hall–Kier alpha value is -1.88. The molecule has 0 amide bonds. The van der Waals surface area contributed by atoms with E-state index >= 15 is 0 Å². The number of thioether (sulfide) groups is 1. The van der Waals surface area contributed by atoms with Gasteiger partial charge in [-0.1, -0.05) is 17.8 Å². The normalized spacial score (nSPS) is 12.8. The first kappa shape index (κ1) is 13.1. The molecule has 3 rings (SSSR count). The van der Waals surface area contributed by atoms with Crippen molar-refractivity contribution in [3.8, 4) is 0 Å². The van der Waals surface area contributed by atoms with Gasteiger partial charge in [0, 0.05) is 17.0 Å². The van der Waals surface area contributed by atoms with Gasteiger partial charge in [-0.15, -0.1) is 0 Å². The average molecular weight is 290 g/mol. The molecule has 0 saturated carbocycles. The van der Waals surface area contributed by atoms with Crippen molar-refractivity contribution in [1.29, 1.82) is 0 Å². The molecule has 1 unspecified atom stereocenters. The second-order valence-electron chi connectivity index (χ2n) is 4.46. The van der Waals surface area contributed by atoms with E-state index in [-0.39, 0.29) is 5.25 Å². The summed E-state index contributed by atoms with van der Waals surface area (Å²) in [6, 6.07) is 9.31. The highest BCUT2D eigenvalue weighted by Gasteiger charge is 2.16. The van der Waals surface area contributed by atoms with Crippen molar-refractivity contribution < 1.29 is 8.78 Å². The summed E-state index contributed by atoms with van der Waals surface area (Å²) < 4.78 is 28.9. The molecule has 2 heterocycles. The number of nitrogens with zero attached hydrogens (tertiary/aromatic N) is 2. The molecule has 102 valence electrons. The third-order valence-corrected chi connectivity index (χ3v) is 4.20. The zero-order valence-electron chi connectivity index (χ0n) is 10.8. The largest absolute Gasteiger partial charge is 0.295 e. The Morgan fingerprint density at radius 1 is 1.20 bits per heavy atom.